The van der Waals surface area contributed by atoms with Gasteiger partial charge in [-0.05, 0) is 23.6 Å². The van der Waals surface area contributed by atoms with Gasteiger partial charge in [-0.2, -0.15) is 5.26 Å². The Morgan fingerprint density at radius 2 is 2.00 bits per heavy atom. The second kappa shape index (κ2) is 5.35. The number of nitriles is 1. The Morgan fingerprint density at radius 1 is 1.35 bits per heavy atom. The molecule has 0 aromatic heterocycles. The predicted octanol–water partition coefficient (Wildman–Crippen LogP) is 2.48. The molecule has 0 saturated carbocycles. The third-order valence-corrected chi connectivity index (χ3v) is 2.52. The van der Waals surface area contributed by atoms with Crippen LogP contribution in [0.4, 0.5) is 0 Å². The van der Waals surface area contributed by atoms with Crippen LogP contribution in [0.1, 0.15) is 41.3 Å². The Bertz CT molecular complexity index is 472. The molecule has 4 heteroatoms. The van der Waals surface area contributed by atoms with Crippen molar-refractivity contribution in [2.75, 3.05) is 14.2 Å². The standard InChI is InChI=1S/C13H15NO3/c1-8(2)10-6-12(16-3)11(13(15)17-4)5-9(10)7-14/h5-6,8H,1-4H3. The fourth-order valence-electron chi connectivity index (χ4n) is 1.61. The van der Waals surface area contributed by atoms with Gasteiger partial charge in [0, 0.05) is 0 Å². The van der Waals surface area contributed by atoms with E-state index in [4.69, 9.17) is 10.00 Å². The van der Waals surface area contributed by atoms with Crippen LogP contribution in [-0.4, -0.2) is 20.2 Å². The molecule has 0 radical (unpaired) electrons. The molecule has 0 aliphatic rings. The first-order valence-electron chi connectivity index (χ1n) is 5.25. The number of nitrogens with zero attached hydrogens (tertiary/aromatic N) is 1. The molecule has 0 heterocycles. The van der Waals surface area contributed by atoms with Crippen LogP contribution in [0.25, 0.3) is 0 Å². The first-order chi connectivity index (χ1) is 8.04. The van der Waals surface area contributed by atoms with Crippen LogP contribution in [0.2, 0.25) is 0 Å². The zero-order valence-electron chi connectivity index (χ0n) is 10.4. The quantitative estimate of drug-likeness (QED) is 0.752. The number of carbonyl (C=O) groups is 1. The summed E-state index contributed by atoms with van der Waals surface area (Å²) < 4.78 is 9.80. The summed E-state index contributed by atoms with van der Waals surface area (Å²) in [5.41, 5.74) is 1.61. The van der Waals surface area contributed by atoms with Crippen molar-refractivity contribution in [3.63, 3.8) is 0 Å². The first kappa shape index (κ1) is 13.0. The average Bonchev–Trinajstić information content (AvgIpc) is 2.35. The second-order valence-electron chi connectivity index (χ2n) is 3.90. The predicted molar refractivity (Wildman–Crippen MR) is 63.1 cm³/mol. The van der Waals surface area contributed by atoms with E-state index in [1.54, 1.807) is 6.07 Å². The van der Waals surface area contributed by atoms with E-state index in [9.17, 15) is 4.79 Å². The fourth-order valence-corrected chi connectivity index (χ4v) is 1.61. The monoisotopic (exact) mass is 233 g/mol. The Morgan fingerprint density at radius 3 is 2.41 bits per heavy atom. The summed E-state index contributed by atoms with van der Waals surface area (Å²) in [4.78, 5) is 11.5. The van der Waals surface area contributed by atoms with Crippen molar-refractivity contribution in [1.82, 2.24) is 0 Å². The van der Waals surface area contributed by atoms with Gasteiger partial charge in [0.1, 0.15) is 11.3 Å². The Balaban J connectivity index is 3.44. The maximum atomic E-state index is 11.5. The van der Waals surface area contributed by atoms with Crippen LogP contribution in [0.5, 0.6) is 5.75 Å². The summed E-state index contributed by atoms with van der Waals surface area (Å²) in [6, 6.07) is 5.32. The molecule has 0 fully saturated rings. The van der Waals surface area contributed by atoms with E-state index in [-0.39, 0.29) is 11.5 Å². The average molecular weight is 233 g/mol. The zero-order chi connectivity index (χ0) is 13.0. The molecule has 0 aliphatic heterocycles. The molecule has 0 saturated heterocycles. The third-order valence-electron chi connectivity index (χ3n) is 2.52. The van der Waals surface area contributed by atoms with Crippen molar-refractivity contribution in [2.45, 2.75) is 19.8 Å². The van der Waals surface area contributed by atoms with Crippen molar-refractivity contribution in [2.24, 2.45) is 0 Å². The normalized spacial score (nSPS) is 9.88. The van der Waals surface area contributed by atoms with E-state index in [0.29, 0.717) is 11.3 Å². The number of methoxy groups -OCH3 is 2. The molecule has 0 aliphatic carbocycles. The fraction of sp³-hybridized carbons (Fsp3) is 0.385. The Hall–Kier alpha value is -2.02. The zero-order valence-corrected chi connectivity index (χ0v) is 10.4. The largest absolute Gasteiger partial charge is 0.496 e. The van der Waals surface area contributed by atoms with Crippen molar-refractivity contribution in [3.8, 4) is 11.8 Å². The molecular formula is C13H15NO3. The highest BCUT2D eigenvalue weighted by Crippen LogP contribution is 2.28. The number of esters is 1. The smallest absolute Gasteiger partial charge is 0.341 e. The van der Waals surface area contributed by atoms with Crippen LogP contribution in [-0.2, 0) is 4.74 Å². The maximum Gasteiger partial charge on any atom is 0.341 e. The van der Waals surface area contributed by atoms with E-state index in [2.05, 4.69) is 10.8 Å². The van der Waals surface area contributed by atoms with Gasteiger partial charge < -0.3 is 9.47 Å². The van der Waals surface area contributed by atoms with E-state index in [0.717, 1.165) is 5.56 Å². The summed E-state index contributed by atoms with van der Waals surface area (Å²) in [6.45, 7) is 3.96. The maximum absolute atomic E-state index is 11.5. The summed E-state index contributed by atoms with van der Waals surface area (Å²) in [6.07, 6.45) is 0. The summed E-state index contributed by atoms with van der Waals surface area (Å²) in [5.74, 6) is 0.110. The summed E-state index contributed by atoms with van der Waals surface area (Å²) in [7, 11) is 2.78. The lowest BCUT2D eigenvalue weighted by atomic mass is 9.95. The molecule has 1 aromatic rings. The molecule has 0 unspecified atom stereocenters. The number of hydrogen-bond acceptors (Lipinski definition) is 4. The lowest BCUT2D eigenvalue weighted by Crippen LogP contribution is -2.06. The van der Waals surface area contributed by atoms with Gasteiger partial charge in [-0.3, -0.25) is 0 Å². The number of ether oxygens (including phenoxy) is 2. The molecule has 17 heavy (non-hydrogen) atoms. The van der Waals surface area contributed by atoms with E-state index < -0.39 is 5.97 Å². The van der Waals surface area contributed by atoms with Crippen molar-refractivity contribution >= 4 is 5.97 Å². The van der Waals surface area contributed by atoms with Crippen LogP contribution in [0.3, 0.4) is 0 Å². The molecule has 0 amide bonds. The van der Waals surface area contributed by atoms with Gasteiger partial charge in [0.2, 0.25) is 0 Å². The highest BCUT2D eigenvalue weighted by molar-refractivity contribution is 5.93. The Kier molecular flexibility index (Phi) is 4.11. The van der Waals surface area contributed by atoms with Gasteiger partial charge in [0.05, 0.1) is 25.9 Å². The number of rotatable bonds is 3. The van der Waals surface area contributed by atoms with Crippen LogP contribution < -0.4 is 4.74 Å². The summed E-state index contributed by atoms with van der Waals surface area (Å²) >= 11 is 0. The van der Waals surface area contributed by atoms with Crippen molar-refractivity contribution < 1.29 is 14.3 Å². The number of carbonyl (C=O) groups excluding carboxylic acids is 1. The van der Waals surface area contributed by atoms with Gasteiger partial charge in [-0.25, -0.2) is 4.79 Å². The first-order valence-corrected chi connectivity index (χ1v) is 5.25. The number of hydrogen-bond donors (Lipinski definition) is 0. The molecule has 0 bridgehead atoms. The minimum absolute atomic E-state index is 0.185. The molecule has 0 spiro atoms. The SMILES string of the molecule is COC(=O)c1cc(C#N)c(C(C)C)cc1OC. The van der Waals surface area contributed by atoms with E-state index in [1.165, 1.54) is 20.3 Å². The minimum Gasteiger partial charge on any atom is -0.496 e. The van der Waals surface area contributed by atoms with Crippen LogP contribution in [0, 0.1) is 11.3 Å². The van der Waals surface area contributed by atoms with Crippen molar-refractivity contribution in [1.29, 1.82) is 5.26 Å². The highest BCUT2D eigenvalue weighted by Gasteiger charge is 2.18. The minimum atomic E-state index is -0.506. The van der Waals surface area contributed by atoms with Crippen LogP contribution in [0.15, 0.2) is 12.1 Å². The molecule has 4 nitrogen and oxygen atoms in total. The van der Waals surface area contributed by atoms with E-state index >= 15 is 0 Å². The molecule has 0 atom stereocenters. The summed E-state index contributed by atoms with van der Waals surface area (Å²) in [5, 5.41) is 9.07. The van der Waals surface area contributed by atoms with E-state index in [1.807, 2.05) is 13.8 Å². The molecule has 1 aromatic carbocycles. The lowest BCUT2D eigenvalue weighted by Gasteiger charge is -2.13. The highest BCUT2D eigenvalue weighted by atomic mass is 16.5. The van der Waals surface area contributed by atoms with Gasteiger partial charge in [0.25, 0.3) is 0 Å². The lowest BCUT2D eigenvalue weighted by molar-refractivity contribution is 0.0597. The Labute approximate surface area is 101 Å². The van der Waals surface area contributed by atoms with Gasteiger partial charge in [0.15, 0.2) is 0 Å². The molecular weight excluding hydrogens is 218 g/mol. The second-order valence-corrected chi connectivity index (χ2v) is 3.90. The molecule has 0 N–H and O–H groups in total. The van der Waals surface area contributed by atoms with Gasteiger partial charge >= 0.3 is 5.97 Å². The molecule has 90 valence electrons. The third kappa shape index (κ3) is 2.56. The van der Waals surface area contributed by atoms with Gasteiger partial charge in [-0.1, -0.05) is 13.8 Å². The molecule has 1 rings (SSSR count). The van der Waals surface area contributed by atoms with Crippen LogP contribution >= 0.6 is 0 Å². The van der Waals surface area contributed by atoms with Gasteiger partial charge in [-0.15, -0.1) is 0 Å². The number of benzene rings is 1. The van der Waals surface area contributed by atoms with Crippen molar-refractivity contribution in [3.05, 3.63) is 28.8 Å². The topological polar surface area (TPSA) is 59.3 Å².